The summed E-state index contributed by atoms with van der Waals surface area (Å²) >= 11 is 0. The molecule has 3 aromatic rings. The Kier molecular flexibility index (Phi) is 11.0. The molecule has 9 nitrogen and oxygen atoms in total. The third kappa shape index (κ3) is 7.48. The molecule has 0 radical (unpaired) electrons. The van der Waals surface area contributed by atoms with Gasteiger partial charge in [0, 0.05) is 31.7 Å². The minimum Gasteiger partial charge on any atom is -0.497 e. The third-order valence-electron chi connectivity index (χ3n) is 7.92. The van der Waals surface area contributed by atoms with E-state index in [1.165, 1.54) is 0 Å². The molecule has 0 saturated carbocycles. The van der Waals surface area contributed by atoms with Gasteiger partial charge in [0.2, 0.25) is 5.91 Å². The zero-order valence-corrected chi connectivity index (χ0v) is 24.8. The monoisotopic (exact) mass is 577 g/mol. The molecule has 0 aliphatic carbocycles. The van der Waals surface area contributed by atoms with Gasteiger partial charge < -0.3 is 30.3 Å². The minimum absolute atomic E-state index is 0.233. The molecule has 0 spiro atoms. The normalized spacial score (nSPS) is 20.2. The van der Waals surface area contributed by atoms with E-state index in [2.05, 4.69) is 10.2 Å². The first-order chi connectivity index (χ1) is 20.2. The van der Waals surface area contributed by atoms with Crippen LogP contribution < -0.4 is 15.0 Å². The zero-order chi connectivity index (χ0) is 30.2. The van der Waals surface area contributed by atoms with Crippen molar-refractivity contribution in [2.45, 2.75) is 51.2 Å². The van der Waals surface area contributed by atoms with Crippen molar-refractivity contribution in [2.24, 2.45) is 5.92 Å². The molecule has 1 unspecified atom stereocenters. The summed E-state index contributed by atoms with van der Waals surface area (Å²) in [5, 5.41) is 36.3. The minimum atomic E-state index is -0.877. The summed E-state index contributed by atoms with van der Waals surface area (Å²) in [4.78, 5) is 21.7. The van der Waals surface area contributed by atoms with Crippen LogP contribution in [-0.4, -0.2) is 78.4 Å². The largest absolute Gasteiger partial charge is 0.497 e. The fraction of sp³-hybridized carbons (Fsp3) is 0.424. The van der Waals surface area contributed by atoms with Crippen molar-refractivity contribution in [3.8, 4) is 5.75 Å². The number of hydrogen-bond donors (Lipinski definition) is 4. The van der Waals surface area contributed by atoms with E-state index in [0.717, 1.165) is 41.1 Å². The van der Waals surface area contributed by atoms with Crippen molar-refractivity contribution in [2.75, 3.05) is 38.8 Å². The Labute approximate surface area is 248 Å². The van der Waals surface area contributed by atoms with E-state index in [9.17, 15) is 20.1 Å². The Morgan fingerprint density at radius 1 is 1.10 bits per heavy atom. The lowest BCUT2D eigenvalue weighted by Gasteiger charge is -2.27. The van der Waals surface area contributed by atoms with E-state index in [-0.39, 0.29) is 19.1 Å². The summed E-state index contributed by atoms with van der Waals surface area (Å²) in [5.74, 6) is -0.149. The number of aliphatic hydroxyl groups is 3. The molecule has 1 aliphatic heterocycles. The standard InChI is InChI=1S/C33H43N3O6/c1-22-18-27(41-4)14-15-28(22)32(39)25-11-8-10-24(19-25)20-36-31(30(23(2)38)29(21-37)42-36)33(40)34-16-9-17-35(3)26-12-6-5-7-13-26/h5-8,10-15,18-19,23,29-32,37-39H,9,16-17,20-21H2,1-4H3,(H,34,40)/t23-,29-,30+,31-,32?/m1/s1. The summed E-state index contributed by atoms with van der Waals surface area (Å²) in [7, 11) is 3.62. The number of rotatable bonds is 13. The topological polar surface area (TPSA) is 115 Å². The highest BCUT2D eigenvalue weighted by Crippen LogP contribution is 2.33. The van der Waals surface area contributed by atoms with Crippen LogP contribution in [0.15, 0.2) is 72.8 Å². The Morgan fingerprint density at radius 2 is 1.86 bits per heavy atom. The van der Waals surface area contributed by atoms with Crippen LogP contribution in [-0.2, 0) is 16.2 Å². The van der Waals surface area contributed by atoms with E-state index in [1.54, 1.807) is 19.1 Å². The summed E-state index contributed by atoms with van der Waals surface area (Å²) in [6, 6.07) is 22.3. The number of nitrogens with zero attached hydrogens (tertiary/aromatic N) is 2. The van der Waals surface area contributed by atoms with Crippen LogP contribution in [0, 0.1) is 12.8 Å². The smallest absolute Gasteiger partial charge is 0.240 e. The molecular formula is C33H43N3O6. The van der Waals surface area contributed by atoms with E-state index >= 15 is 0 Å². The van der Waals surface area contributed by atoms with Gasteiger partial charge in [-0.2, -0.15) is 5.06 Å². The lowest BCUT2D eigenvalue weighted by molar-refractivity contribution is -0.181. The number of benzene rings is 3. The molecular weight excluding hydrogens is 534 g/mol. The molecule has 9 heteroatoms. The molecule has 1 heterocycles. The molecule has 226 valence electrons. The predicted octanol–water partition coefficient (Wildman–Crippen LogP) is 3.20. The molecule has 1 fully saturated rings. The highest BCUT2D eigenvalue weighted by atomic mass is 16.7. The van der Waals surface area contributed by atoms with E-state index in [1.807, 2.05) is 86.8 Å². The van der Waals surface area contributed by atoms with Crippen molar-refractivity contribution < 1.29 is 29.7 Å². The number of nitrogens with one attached hydrogen (secondary N) is 1. The van der Waals surface area contributed by atoms with Crippen molar-refractivity contribution in [3.63, 3.8) is 0 Å². The number of para-hydroxylation sites is 1. The number of hydrogen-bond acceptors (Lipinski definition) is 8. The molecule has 1 amide bonds. The number of aryl methyl sites for hydroxylation is 1. The van der Waals surface area contributed by atoms with Crippen LogP contribution in [0.4, 0.5) is 5.69 Å². The first kappa shape index (κ1) is 31.5. The molecule has 4 rings (SSSR count). The quantitative estimate of drug-likeness (QED) is 0.229. The molecule has 0 aromatic heterocycles. The van der Waals surface area contributed by atoms with Crippen LogP contribution in [0.2, 0.25) is 0 Å². The molecule has 1 aliphatic rings. The number of anilines is 1. The Morgan fingerprint density at radius 3 is 2.52 bits per heavy atom. The maximum Gasteiger partial charge on any atom is 0.240 e. The molecule has 42 heavy (non-hydrogen) atoms. The van der Waals surface area contributed by atoms with E-state index in [0.29, 0.717) is 12.1 Å². The van der Waals surface area contributed by atoms with Crippen molar-refractivity contribution in [3.05, 3.63) is 95.1 Å². The summed E-state index contributed by atoms with van der Waals surface area (Å²) in [6.45, 7) is 4.67. The lowest BCUT2D eigenvalue weighted by Crippen LogP contribution is -2.49. The Hall–Kier alpha value is -3.47. The number of methoxy groups -OCH3 is 1. The fourth-order valence-corrected chi connectivity index (χ4v) is 5.62. The number of ether oxygens (including phenoxy) is 1. The third-order valence-corrected chi connectivity index (χ3v) is 7.92. The van der Waals surface area contributed by atoms with Crippen LogP contribution in [0.5, 0.6) is 5.75 Å². The number of amides is 1. The fourth-order valence-electron chi connectivity index (χ4n) is 5.62. The van der Waals surface area contributed by atoms with Crippen LogP contribution in [0.25, 0.3) is 0 Å². The van der Waals surface area contributed by atoms with Gasteiger partial charge in [0.15, 0.2) is 0 Å². The summed E-state index contributed by atoms with van der Waals surface area (Å²) < 4.78 is 5.29. The highest BCUT2D eigenvalue weighted by Gasteiger charge is 2.49. The molecule has 4 N–H and O–H groups in total. The maximum absolute atomic E-state index is 13.5. The Bertz CT molecular complexity index is 1300. The number of carbonyl (C=O) groups excluding carboxylic acids is 1. The summed E-state index contributed by atoms with van der Waals surface area (Å²) in [6.07, 6.45) is -1.71. The number of hydroxylamine groups is 2. The van der Waals surface area contributed by atoms with Gasteiger partial charge in [-0.3, -0.25) is 9.63 Å². The SMILES string of the molecule is COc1ccc(C(O)c2cccc(CN3O[C@H](CO)[C@H]([C@@H](C)O)[C@@H]3C(=O)NCCCN(C)c3ccccc3)c2)c(C)c1. The van der Waals surface area contributed by atoms with Gasteiger partial charge in [-0.15, -0.1) is 0 Å². The molecule has 1 saturated heterocycles. The molecule has 5 atom stereocenters. The van der Waals surface area contributed by atoms with Gasteiger partial charge in [0.1, 0.15) is 24.0 Å². The number of aliphatic hydroxyl groups excluding tert-OH is 3. The van der Waals surface area contributed by atoms with Gasteiger partial charge >= 0.3 is 0 Å². The van der Waals surface area contributed by atoms with Crippen LogP contribution >= 0.6 is 0 Å². The first-order valence-corrected chi connectivity index (χ1v) is 14.4. The van der Waals surface area contributed by atoms with Gasteiger partial charge in [-0.1, -0.05) is 48.5 Å². The lowest BCUT2D eigenvalue weighted by atomic mass is 9.89. The maximum atomic E-state index is 13.5. The molecule has 3 aromatic carbocycles. The summed E-state index contributed by atoms with van der Waals surface area (Å²) in [5.41, 5.74) is 4.31. The predicted molar refractivity (Wildman–Crippen MR) is 162 cm³/mol. The van der Waals surface area contributed by atoms with Crippen molar-refractivity contribution >= 4 is 11.6 Å². The van der Waals surface area contributed by atoms with Gasteiger partial charge in [0.05, 0.1) is 26.4 Å². The van der Waals surface area contributed by atoms with Gasteiger partial charge in [-0.05, 0) is 66.8 Å². The van der Waals surface area contributed by atoms with Crippen molar-refractivity contribution in [1.82, 2.24) is 10.4 Å². The number of carbonyl (C=O) groups is 1. The second kappa shape index (κ2) is 14.6. The second-order valence-corrected chi connectivity index (χ2v) is 10.9. The van der Waals surface area contributed by atoms with Gasteiger partial charge in [0.25, 0.3) is 0 Å². The van der Waals surface area contributed by atoms with Crippen LogP contribution in [0.1, 0.15) is 41.7 Å². The van der Waals surface area contributed by atoms with E-state index < -0.39 is 30.3 Å². The average molecular weight is 578 g/mol. The van der Waals surface area contributed by atoms with Crippen molar-refractivity contribution in [1.29, 1.82) is 0 Å². The average Bonchev–Trinajstić information content (AvgIpc) is 3.37. The zero-order valence-electron chi connectivity index (χ0n) is 24.8. The molecule has 0 bridgehead atoms. The first-order valence-electron chi connectivity index (χ1n) is 14.4. The van der Waals surface area contributed by atoms with E-state index in [4.69, 9.17) is 9.57 Å². The Balaban J connectivity index is 1.45. The van der Waals surface area contributed by atoms with Crippen LogP contribution in [0.3, 0.4) is 0 Å². The van der Waals surface area contributed by atoms with Gasteiger partial charge in [-0.25, -0.2) is 0 Å². The highest BCUT2D eigenvalue weighted by molar-refractivity contribution is 5.82. The second-order valence-electron chi connectivity index (χ2n) is 10.9.